The van der Waals surface area contributed by atoms with Crippen molar-refractivity contribution in [3.63, 3.8) is 0 Å². The van der Waals surface area contributed by atoms with Gasteiger partial charge in [-0.25, -0.2) is 4.79 Å². The van der Waals surface area contributed by atoms with E-state index in [1.54, 1.807) is 20.8 Å². The van der Waals surface area contributed by atoms with E-state index in [9.17, 15) is 9.90 Å². The first kappa shape index (κ1) is 11.8. The molecule has 1 N–H and O–H groups in total. The Morgan fingerprint density at radius 2 is 2.20 bits per heavy atom. The topological polar surface area (TPSA) is 73.6 Å². The summed E-state index contributed by atoms with van der Waals surface area (Å²) >= 11 is 0. The highest BCUT2D eigenvalue weighted by atomic mass is 16.6. The second kappa shape index (κ2) is 4.07. The molecule has 5 heteroatoms. The van der Waals surface area contributed by atoms with Gasteiger partial charge in [-0.1, -0.05) is 0 Å². The molecule has 15 heavy (non-hydrogen) atoms. The number of ether oxygens (including phenoxy) is 1. The predicted molar refractivity (Wildman–Crippen MR) is 53.0 cm³/mol. The van der Waals surface area contributed by atoms with Gasteiger partial charge in [0.05, 0.1) is 12.2 Å². The number of carbonyl (C=O) groups is 1. The average molecular weight is 212 g/mol. The maximum Gasteiger partial charge on any atom is 0.411 e. The number of nitriles is 1. The van der Waals surface area contributed by atoms with Gasteiger partial charge in [0.1, 0.15) is 11.6 Å². The highest BCUT2D eigenvalue weighted by Gasteiger charge is 2.38. The lowest BCUT2D eigenvalue weighted by Crippen LogP contribution is -2.41. The molecule has 0 aromatic heterocycles. The van der Waals surface area contributed by atoms with Crippen molar-refractivity contribution in [2.45, 2.75) is 44.9 Å². The van der Waals surface area contributed by atoms with E-state index in [1.165, 1.54) is 4.90 Å². The van der Waals surface area contributed by atoms with Crippen LogP contribution in [0.25, 0.3) is 0 Å². The van der Waals surface area contributed by atoms with Gasteiger partial charge in [-0.15, -0.1) is 0 Å². The quantitative estimate of drug-likeness (QED) is 0.647. The lowest BCUT2D eigenvalue weighted by molar-refractivity contribution is 0.0214. The molecule has 0 radical (unpaired) electrons. The van der Waals surface area contributed by atoms with Gasteiger partial charge in [0.2, 0.25) is 0 Å². The molecule has 1 fully saturated rings. The van der Waals surface area contributed by atoms with Crippen molar-refractivity contribution >= 4 is 6.09 Å². The average Bonchev–Trinajstić information content (AvgIpc) is 2.43. The maximum atomic E-state index is 11.6. The van der Waals surface area contributed by atoms with Gasteiger partial charge < -0.3 is 9.84 Å². The van der Waals surface area contributed by atoms with Crippen molar-refractivity contribution < 1.29 is 14.6 Å². The molecule has 1 aliphatic rings. The molecule has 1 saturated heterocycles. The summed E-state index contributed by atoms with van der Waals surface area (Å²) in [6, 6.07) is 1.13. The monoisotopic (exact) mass is 212 g/mol. The van der Waals surface area contributed by atoms with Crippen LogP contribution in [0.15, 0.2) is 0 Å². The third kappa shape index (κ3) is 2.83. The van der Waals surface area contributed by atoms with Crippen LogP contribution in [0.4, 0.5) is 4.79 Å². The molecule has 0 saturated carbocycles. The molecule has 1 amide bonds. The fourth-order valence-corrected chi connectivity index (χ4v) is 1.46. The molecule has 5 nitrogen and oxygen atoms in total. The van der Waals surface area contributed by atoms with Gasteiger partial charge in [-0.05, 0) is 27.2 Å². The van der Waals surface area contributed by atoms with E-state index in [0.717, 1.165) is 0 Å². The van der Waals surface area contributed by atoms with Gasteiger partial charge in [0.25, 0.3) is 0 Å². The Kier molecular flexibility index (Phi) is 3.20. The van der Waals surface area contributed by atoms with Crippen molar-refractivity contribution in [1.82, 2.24) is 4.90 Å². The SMILES string of the molecule is CC(C)(C)OC(=O)N1CC[C@H](O)[C@@H]1C#N. The molecule has 2 atom stereocenters. The zero-order valence-electron chi connectivity index (χ0n) is 9.23. The summed E-state index contributed by atoms with van der Waals surface area (Å²) in [4.78, 5) is 12.9. The molecule has 0 aromatic rings. The van der Waals surface area contributed by atoms with Crippen LogP contribution in [0.1, 0.15) is 27.2 Å². The van der Waals surface area contributed by atoms with Crippen LogP contribution in [0.5, 0.6) is 0 Å². The summed E-state index contributed by atoms with van der Waals surface area (Å²) in [5.74, 6) is 0. The zero-order valence-corrected chi connectivity index (χ0v) is 9.23. The predicted octanol–water partition coefficient (Wildman–Crippen LogP) is 0.880. The van der Waals surface area contributed by atoms with Crippen LogP contribution < -0.4 is 0 Å². The molecule has 0 aliphatic carbocycles. The van der Waals surface area contributed by atoms with Gasteiger partial charge in [0, 0.05) is 6.54 Å². The molecule has 84 valence electrons. The number of carbonyl (C=O) groups excluding carboxylic acids is 1. The van der Waals surface area contributed by atoms with Crippen molar-refractivity contribution in [3.05, 3.63) is 0 Å². The van der Waals surface area contributed by atoms with Gasteiger partial charge in [-0.2, -0.15) is 5.26 Å². The lowest BCUT2D eigenvalue weighted by Gasteiger charge is -2.26. The van der Waals surface area contributed by atoms with Crippen molar-refractivity contribution in [1.29, 1.82) is 5.26 Å². The number of aliphatic hydroxyl groups excluding tert-OH is 1. The fraction of sp³-hybridized carbons (Fsp3) is 0.800. The molecule has 1 heterocycles. The number of hydrogen-bond acceptors (Lipinski definition) is 4. The highest BCUT2D eigenvalue weighted by Crippen LogP contribution is 2.20. The van der Waals surface area contributed by atoms with E-state index in [2.05, 4.69) is 0 Å². The summed E-state index contributed by atoms with van der Waals surface area (Å²) in [5.41, 5.74) is -0.579. The number of nitrogens with zero attached hydrogens (tertiary/aromatic N) is 2. The first-order chi connectivity index (χ1) is 6.85. The number of aliphatic hydroxyl groups is 1. The lowest BCUT2D eigenvalue weighted by atomic mass is 10.2. The van der Waals surface area contributed by atoms with Crippen molar-refractivity contribution in [2.24, 2.45) is 0 Å². The first-order valence-corrected chi connectivity index (χ1v) is 4.92. The van der Waals surface area contributed by atoms with E-state index in [0.29, 0.717) is 13.0 Å². The Balaban J connectivity index is 2.65. The normalized spacial score (nSPS) is 26.2. The van der Waals surface area contributed by atoms with E-state index in [-0.39, 0.29) is 0 Å². The molecule has 1 rings (SSSR count). The Hall–Kier alpha value is -1.28. The number of amides is 1. The van der Waals surface area contributed by atoms with E-state index >= 15 is 0 Å². The minimum absolute atomic E-state index is 0.369. The van der Waals surface area contributed by atoms with E-state index < -0.39 is 23.8 Å². The summed E-state index contributed by atoms with van der Waals surface area (Å²) in [6.07, 6.45) is -0.870. The fourth-order valence-electron chi connectivity index (χ4n) is 1.46. The molecular weight excluding hydrogens is 196 g/mol. The number of rotatable bonds is 0. The van der Waals surface area contributed by atoms with Crippen LogP contribution >= 0.6 is 0 Å². The van der Waals surface area contributed by atoms with Crippen LogP contribution in [-0.2, 0) is 4.74 Å². The number of likely N-dealkylation sites (tertiary alicyclic amines) is 1. The van der Waals surface area contributed by atoms with E-state index in [1.807, 2.05) is 6.07 Å². The minimum atomic E-state index is -0.778. The second-order valence-electron chi connectivity index (χ2n) is 4.60. The maximum absolute atomic E-state index is 11.6. The molecule has 0 aromatic carbocycles. The van der Waals surface area contributed by atoms with Crippen LogP contribution in [0.3, 0.4) is 0 Å². The Morgan fingerprint density at radius 1 is 1.60 bits per heavy atom. The van der Waals surface area contributed by atoms with E-state index in [4.69, 9.17) is 10.00 Å². The second-order valence-corrected chi connectivity index (χ2v) is 4.60. The number of hydrogen-bond donors (Lipinski definition) is 1. The Bertz CT molecular complexity index is 290. The summed E-state index contributed by atoms with van der Waals surface area (Å²) in [6.45, 7) is 5.66. The molecule has 1 aliphatic heterocycles. The Morgan fingerprint density at radius 3 is 2.67 bits per heavy atom. The molecular formula is C10H16N2O3. The summed E-state index contributed by atoms with van der Waals surface area (Å²) < 4.78 is 5.13. The van der Waals surface area contributed by atoms with Gasteiger partial charge >= 0.3 is 6.09 Å². The third-order valence-corrected chi connectivity index (χ3v) is 2.13. The largest absolute Gasteiger partial charge is 0.444 e. The van der Waals surface area contributed by atoms with Crippen molar-refractivity contribution in [2.75, 3.05) is 6.54 Å². The summed E-state index contributed by atoms with van der Waals surface area (Å²) in [5, 5.41) is 18.2. The molecule has 0 unspecified atom stereocenters. The Labute approximate surface area is 89.2 Å². The van der Waals surface area contributed by atoms with Crippen LogP contribution in [0, 0.1) is 11.3 Å². The zero-order chi connectivity index (χ0) is 11.6. The molecule has 0 bridgehead atoms. The molecule has 0 spiro atoms. The summed E-state index contributed by atoms with van der Waals surface area (Å²) in [7, 11) is 0. The third-order valence-electron chi connectivity index (χ3n) is 2.13. The first-order valence-electron chi connectivity index (χ1n) is 4.92. The van der Waals surface area contributed by atoms with Crippen molar-refractivity contribution in [3.8, 4) is 6.07 Å². The highest BCUT2D eigenvalue weighted by molar-refractivity contribution is 5.69. The van der Waals surface area contributed by atoms with Crippen LogP contribution in [-0.4, -0.2) is 40.4 Å². The van der Waals surface area contributed by atoms with Crippen LogP contribution in [0.2, 0.25) is 0 Å². The van der Waals surface area contributed by atoms with Gasteiger partial charge in [-0.3, -0.25) is 4.90 Å². The minimum Gasteiger partial charge on any atom is -0.444 e. The smallest absolute Gasteiger partial charge is 0.411 e. The standard InChI is InChI=1S/C10H16N2O3/c1-10(2,3)15-9(14)12-5-4-8(13)7(12)6-11/h7-8,13H,4-5H2,1-3H3/t7-,8-/m0/s1. The van der Waals surface area contributed by atoms with Gasteiger partial charge in [0.15, 0.2) is 0 Å².